The fourth-order valence-corrected chi connectivity index (χ4v) is 1.66. The normalized spacial score (nSPS) is 10.2. The van der Waals surface area contributed by atoms with Gasteiger partial charge in [0.1, 0.15) is 0 Å². The predicted molar refractivity (Wildman–Crippen MR) is 68.5 cm³/mol. The third-order valence-electron chi connectivity index (χ3n) is 2.53. The minimum atomic E-state index is 0.720. The number of rotatable bonds is 2. The largest absolute Gasteiger partial charge is 0.237 e. The van der Waals surface area contributed by atoms with Crippen LogP contribution in [0.3, 0.4) is 0 Å². The zero-order valence-electron chi connectivity index (χ0n) is 9.56. The van der Waals surface area contributed by atoms with Gasteiger partial charge in [0.15, 0.2) is 11.6 Å². The molecule has 0 spiro atoms. The summed E-state index contributed by atoms with van der Waals surface area (Å²) < 4.78 is 0. The maximum absolute atomic E-state index is 4.21. The Balaban J connectivity index is 1.95. The fraction of sp³-hybridized carbons (Fsp3) is 0. The van der Waals surface area contributed by atoms with Crippen molar-refractivity contribution in [3.63, 3.8) is 0 Å². The molecule has 2 aromatic heterocycles. The molecule has 1 aromatic carbocycles. The number of benzene rings is 1. The van der Waals surface area contributed by atoms with E-state index in [4.69, 9.17) is 0 Å². The van der Waals surface area contributed by atoms with E-state index in [1.807, 2.05) is 24.3 Å². The first-order valence-electron chi connectivity index (χ1n) is 5.58. The second-order valence-electron chi connectivity index (χ2n) is 3.72. The van der Waals surface area contributed by atoms with E-state index in [1.165, 1.54) is 0 Å². The Bertz CT molecular complexity index is 562. The molecule has 4 heteroatoms. The summed E-state index contributed by atoms with van der Waals surface area (Å²) in [5, 5.41) is 0. The van der Waals surface area contributed by atoms with E-state index in [0.29, 0.717) is 0 Å². The van der Waals surface area contributed by atoms with Crippen molar-refractivity contribution in [2.45, 2.75) is 0 Å². The van der Waals surface area contributed by atoms with Gasteiger partial charge in [-0.05, 0) is 12.1 Å². The van der Waals surface area contributed by atoms with Crippen LogP contribution in [0.2, 0.25) is 0 Å². The van der Waals surface area contributed by atoms with Gasteiger partial charge in [-0.15, -0.1) is 0 Å². The van der Waals surface area contributed by atoms with Crippen molar-refractivity contribution in [1.82, 2.24) is 19.9 Å². The highest BCUT2D eigenvalue weighted by Gasteiger charge is 2.02. The molecule has 0 saturated heterocycles. The molecule has 0 radical (unpaired) electrons. The van der Waals surface area contributed by atoms with Crippen LogP contribution in [-0.2, 0) is 0 Å². The quantitative estimate of drug-likeness (QED) is 0.684. The zero-order valence-corrected chi connectivity index (χ0v) is 9.56. The summed E-state index contributed by atoms with van der Waals surface area (Å²) in [7, 11) is 0. The lowest BCUT2D eigenvalue weighted by Gasteiger charge is -2.01. The SMILES string of the molecule is c1cnc(-c2ccc(-c3ncccn3)cc2)nc1. The lowest BCUT2D eigenvalue weighted by molar-refractivity contribution is 1.17. The van der Waals surface area contributed by atoms with Crippen LogP contribution in [0.1, 0.15) is 0 Å². The van der Waals surface area contributed by atoms with Gasteiger partial charge in [-0.3, -0.25) is 0 Å². The molecular formula is C14H10N4. The topological polar surface area (TPSA) is 51.6 Å². The summed E-state index contributed by atoms with van der Waals surface area (Å²) in [6.45, 7) is 0. The molecule has 0 bridgehead atoms. The molecule has 0 aliphatic carbocycles. The Morgan fingerprint density at radius 1 is 0.500 bits per heavy atom. The van der Waals surface area contributed by atoms with Crippen molar-refractivity contribution in [1.29, 1.82) is 0 Å². The molecule has 0 aliphatic rings. The Labute approximate surface area is 104 Å². The van der Waals surface area contributed by atoms with Crippen LogP contribution in [0.5, 0.6) is 0 Å². The molecule has 4 nitrogen and oxygen atoms in total. The smallest absolute Gasteiger partial charge is 0.159 e. The molecule has 0 unspecified atom stereocenters. The third-order valence-corrected chi connectivity index (χ3v) is 2.53. The molecule has 18 heavy (non-hydrogen) atoms. The van der Waals surface area contributed by atoms with Gasteiger partial charge in [0, 0.05) is 35.9 Å². The first-order chi connectivity index (χ1) is 8.93. The maximum Gasteiger partial charge on any atom is 0.159 e. The van der Waals surface area contributed by atoms with E-state index in [0.717, 1.165) is 22.8 Å². The number of nitrogens with zero attached hydrogens (tertiary/aromatic N) is 4. The summed E-state index contributed by atoms with van der Waals surface area (Å²) in [5.74, 6) is 1.44. The highest BCUT2D eigenvalue weighted by molar-refractivity contribution is 5.62. The summed E-state index contributed by atoms with van der Waals surface area (Å²) in [5.41, 5.74) is 1.96. The van der Waals surface area contributed by atoms with Gasteiger partial charge in [0.05, 0.1) is 0 Å². The van der Waals surface area contributed by atoms with Gasteiger partial charge in [0.2, 0.25) is 0 Å². The van der Waals surface area contributed by atoms with Crippen LogP contribution in [0.4, 0.5) is 0 Å². The predicted octanol–water partition coefficient (Wildman–Crippen LogP) is 2.60. The van der Waals surface area contributed by atoms with E-state index in [9.17, 15) is 0 Å². The van der Waals surface area contributed by atoms with Crippen molar-refractivity contribution in [2.75, 3.05) is 0 Å². The monoisotopic (exact) mass is 234 g/mol. The van der Waals surface area contributed by atoms with Crippen LogP contribution >= 0.6 is 0 Å². The minimum absolute atomic E-state index is 0.720. The molecule has 86 valence electrons. The van der Waals surface area contributed by atoms with Crippen LogP contribution < -0.4 is 0 Å². The molecule has 0 aliphatic heterocycles. The average Bonchev–Trinajstić information content (AvgIpc) is 2.49. The standard InChI is InChI=1S/C14H10N4/c1-7-15-13(16-8-1)11-3-5-12(6-4-11)14-17-9-2-10-18-14/h1-10H. The molecule has 3 aromatic rings. The Hall–Kier alpha value is -2.62. The summed E-state index contributed by atoms with van der Waals surface area (Å²) in [6.07, 6.45) is 6.93. The van der Waals surface area contributed by atoms with Crippen LogP contribution in [0.25, 0.3) is 22.8 Å². The van der Waals surface area contributed by atoms with Gasteiger partial charge >= 0.3 is 0 Å². The first kappa shape index (κ1) is 10.5. The molecule has 2 heterocycles. The summed E-state index contributed by atoms with van der Waals surface area (Å²) in [6, 6.07) is 11.5. The van der Waals surface area contributed by atoms with Crippen LogP contribution in [0.15, 0.2) is 61.2 Å². The summed E-state index contributed by atoms with van der Waals surface area (Å²) >= 11 is 0. The van der Waals surface area contributed by atoms with Crippen molar-refractivity contribution in [3.05, 3.63) is 61.2 Å². The van der Waals surface area contributed by atoms with Crippen molar-refractivity contribution in [2.24, 2.45) is 0 Å². The van der Waals surface area contributed by atoms with Gasteiger partial charge in [0.25, 0.3) is 0 Å². The number of aromatic nitrogens is 4. The Morgan fingerprint density at radius 3 is 1.17 bits per heavy atom. The molecule has 0 atom stereocenters. The summed E-state index contributed by atoms with van der Waals surface area (Å²) in [4.78, 5) is 16.8. The number of hydrogen-bond donors (Lipinski definition) is 0. The Kier molecular flexibility index (Phi) is 2.75. The van der Waals surface area contributed by atoms with E-state index in [1.54, 1.807) is 36.9 Å². The lowest BCUT2D eigenvalue weighted by atomic mass is 10.1. The van der Waals surface area contributed by atoms with Crippen molar-refractivity contribution >= 4 is 0 Å². The number of hydrogen-bond acceptors (Lipinski definition) is 4. The molecule has 3 rings (SSSR count). The zero-order chi connectivity index (χ0) is 12.2. The van der Waals surface area contributed by atoms with Gasteiger partial charge in [-0.2, -0.15) is 0 Å². The maximum atomic E-state index is 4.21. The second kappa shape index (κ2) is 4.71. The first-order valence-corrected chi connectivity index (χ1v) is 5.58. The second-order valence-corrected chi connectivity index (χ2v) is 3.72. The van der Waals surface area contributed by atoms with Crippen molar-refractivity contribution < 1.29 is 0 Å². The van der Waals surface area contributed by atoms with Gasteiger partial charge in [-0.25, -0.2) is 19.9 Å². The fourth-order valence-electron chi connectivity index (χ4n) is 1.66. The molecule has 0 saturated carbocycles. The molecule has 0 N–H and O–H groups in total. The van der Waals surface area contributed by atoms with Crippen molar-refractivity contribution in [3.8, 4) is 22.8 Å². The van der Waals surface area contributed by atoms with E-state index < -0.39 is 0 Å². The lowest BCUT2D eigenvalue weighted by Crippen LogP contribution is -1.89. The van der Waals surface area contributed by atoms with E-state index >= 15 is 0 Å². The highest BCUT2D eigenvalue weighted by atomic mass is 14.9. The Morgan fingerprint density at radius 2 is 0.833 bits per heavy atom. The van der Waals surface area contributed by atoms with E-state index in [-0.39, 0.29) is 0 Å². The third kappa shape index (κ3) is 2.08. The minimum Gasteiger partial charge on any atom is -0.237 e. The van der Waals surface area contributed by atoms with E-state index in [2.05, 4.69) is 19.9 Å². The average molecular weight is 234 g/mol. The van der Waals surface area contributed by atoms with Crippen LogP contribution in [0, 0.1) is 0 Å². The molecular weight excluding hydrogens is 224 g/mol. The van der Waals surface area contributed by atoms with Gasteiger partial charge in [-0.1, -0.05) is 24.3 Å². The van der Waals surface area contributed by atoms with Crippen LogP contribution in [-0.4, -0.2) is 19.9 Å². The molecule has 0 fully saturated rings. The van der Waals surface area contributed by atoms with Gasteiger partial charge < -0.3 is 0 Å². The highest BCUT2D eigenvalue weighted by Crippen LogP contribution is 2.19. The molecule has 0 amide bonds.